The molecule has 0 saturated carbocycles. The van der Waals surface area contributed by atoms with E-state index in [1.54, 1.807) is 11.9 Å². The molecule has 0 spiro atoms. The Morgan fingerprint density at radius 1 is 1.29 bits per heavy atom. The molecule has 1 aromatic rings. The Balaban J connectivity index is 1.54. The van der Waals surface area contributed by atoms with Crippen LogP contribution in [0.4, 0.5) is 13.2 Å². The average Bonchev–Trinajstić information content (AvgIpc) is 2.99. The first-order valence-corrected chi connectivity index (χ1v) is 9.19. The molecule has 154 valence electrons. The number of hydrogen-bond acceptors (Lipinski definition) is 5. The zero-order valence-electron chi connectivity index (χ0n) is 15.5. The highest BCUT2D eigenvalue weighted by Gasteiger charge is 2.36. The smallest absolute Gasteiger partial charge is 0.422 e. The summed E-state index contributed by atoms with van der Waals surface area (Å²) in [6.45, 7) is 0.605. The zero-order chi connectivity index (χ0) is 20.3. The van der Waals surface area contributed by atoms with Crippen molar-refractivity contribution in [3.8, 4) is 5.88 Å². The molecular weight excluding hydrogens is 377 g/mol. The van der Waals surface area contributed by atoms with Gasteiger partial charge in [0.1, 0.15) is 5.56 Å². The van der Waals surface area contributed by atoms with Crippen LogP contribution in [0.25, 0.3) is 0 Å². The molecule has 2 fully saturated rings. The molecule has 0 aromatic carbocycles. The molecule has 28 heavy (non-hydrogen) atoms. The highest BCUT2D eigenvalue weighted by atomic mass is 19.4. The molecule has 3 rings (SSSR count). The van der Waals surface area contributed by atoms with E-state index in [9.17, 15) is 22.8 Å². The Labute approximate surface area is 160 Å². The van der Waals surface area contributed by atoms with Gasteiger partial charge in [0.05, 0.1) is 6.04 Å². The Kier molecular flexibility index (Phi) is 6.07. The van der Waals surface area contributed by atoms with E-state index in [1.807, 2.05) is 0 Å². The van der Waals surface area contributed by atoms with Gasteiger partial charge < -0.3 is 15.0 Å². The minimum absolute atomic E-state index is 0.0261. The fourth-order valence-corrected chi connectivity index (χ4v) is 3.59. The molecule has 1 N–H and O–H groups in total. The topological polar surface area (TPSA) is 74.8 Å². The number of pyridine rings is 1. The summed E-state index contributed by atoms with van der Waals surface area (Å²) in [5.74, 6) is -0.723. The van der Waals surface area contributed by atoms with Gasteiger partial charge in [-0.15, -0.1) is 0 Å². The summed E-state index contributed by atoms with van der Waals surface area (Å²) in [6, 6.07) is 2.65. The number of amides is 2. The van der Waals surface area contributed by atoms with Gasteiger partial charge in [-0.2, -0.15) is 13.2 Å². The molecule has 2 aliphatic heterocycles. The van der Waals surface area contributed by atoms with Crippen LogP contribution in [0.3, 0.4) is 0 Å². The van der Waals surface area contributed by atoms with E-state index in [-0.39, 0.29) is 29.4 Å². The van der Waals surface area contributed by atoms with Crippen LogP contribution >= 0.6 is 0 Å². The van der Waals surface area contributed by atoms with Gasteiger partial charge in [0.15, 0.2) is 6.61 Å². The predicted octanol–water partition coefficient (Wildman–Crippen LogP) is 1.45. The highest BCUT2D eigenvalue weighted by Crippen LogP contribution is 2.23. The first-order chi connectivity index (χ1) is 13.2. The standard InChI is InChI=1S/C18H23F3N4O3/c1-24-8-6-14(17(24)27)25-9-4-12(5-10-25)23-15(26)13-3-2-7-22-16(13)28-11-18(19,20)21/h2-3,7,12,14H,4-6,8-11H2,1H3,(H,23,26). The Hall–Kier alpha value is -2.36. The highest BCUT2D eigenvalue weighted by molar-refractivity contribution is 5.96. The lowest BCUT2D eigenvalue weighted by atomic mass is 10.0. The van der Waals surface area contributed by atoms with Gasteiger partial charge in [0, 0.05) is 38.9 Å². The van der Waals surface area contributed by atoms with Crippen molar-refractivity contribution in [1.29, 1.82) is 0 Å². The maximum atomic E-state index is 12.5. The SMILES string of the molecule is CN1CCC(N2CCC(NC(=O)c3cccnc3OCC(F)(F)F)CC2)C1=O. The second-order valence-electron chi connectivity index (χ2n) is 7.11. The summed E-state index contributed by atoms with van der Waals surface area (Å²) in [5.41, 5.74) is -0.0261. The molecule has 1 atom stereocenters. The van der Waals surface area contributed by atoms with E-state index in [1.165, 1.54) is 18.3 Å². The molecule has 10 heteroatoms. The van der Waals surface area contributed by atoms with Crippen molar-refractivity contribution >= 4 is 11.8 Å². The first-order valence-electron chi connectivity index (χ1n) is 9.19. The van der Waals surface area contributed by atoms with E-state index in [4.69, 9.17) is 0 Å². The minimum Gasteiger partial charge on any atom is -0.467 e. The molecular formula is C18H23F3N4O3. The molecule has 2 aliphatic rings. The number of likely N-dealkylation sites (N-methyl/N-ethyl adjacent to an activating group) is 1. The maximum absolute atomic E-state index is 12.5. The van der Waals surface area contributed by atoms with Crippen molar-refractivity contribution in [3.63, 3.8) is 0 Å². The van der Waals surface area contributed by atoms with E-state index in [2.05, 4.69) is 19.9 Å². The molecule has 2 saturated heterocycles. The van der Waals surface area contributed by atoms with Crippen molar-refractivity contribution in [2.45, 2.75) is 37.5 Å². The van der Waals surface area contributed by atoms with Gasteiger partial charge in [-0.05, 0) is 31.4 Å². The number of halogens is 3. The summed E-state index contributed by atoms with van der Waals surface area (Å²) in [6.07, 6.45) is -1.10. The van der Waals surface area contributed by atoms with Crippen LogP contribution in [0.15, 0.2) is 18.3 Å². The van der Waals surface area contributed by atoms with E-state index in [0.717, 1.165) is 13.0 Å². The summed E-state index contributed by atoms with van der Waals surface area (Å²) in [5, 5.41) is 2.84. The summed E-state index contributed by atoms with van der Waals surface area (Å²) < 4.78 is 41.8. The van der Waals surface area contributed by atoms with Gasteiger partial charge in [-0.1, -0.05) is 0 Å². The van der Waals surface area contributed by atoms with Crippen molar-refractivity contribution in [1.82, 2.24) is 20.1 Å². The van der Waals surface area contributed by atoms with Crippen molar-refractivity contribution in [3.05, 3.63) is 23.9 Å². The molecule has 0 aliphatic carbocycles. The van der Waals surface area contributed by atoms with Crippen LogP contribution in [0.2, 0.25) is 0 Å². The predicted molar refractivity (Wildman–Crippen MR) is 93.9 cm³/mol. The molecule has 0 bridgehead atoms. The number of rotatable bonds is 5. The summed E-state index contributed by atoms with van der Waals surface area (Å²) >= 11 is 0. The number of nitrogens with zero attached hydrogens (tertiary/aromatic N) is 3. The molecule has 1 unspecified atom stereocenters. The van der Waals surface area contributed by atoms with Crippen molar-refractivity contribution < 1.29 is 27.5 Å². The Morgan fingerprint density at radius 2 is 2.00 bits per heavy atom. The van der Waals surface area contributed by atoms with Crippen LogP contribution in [0.1, 0.15) is 29.6 Å². The molecule has 3 heterocycles. The van der Waals surface area contributed by atoms with Crippen LogP contribution in [-0.4, -0.2) is 78.1 Å². The maximum Gasteiger partial charge on any atom is 0.422 e. The van der Waals surface area contributed by atoms with E-state index in [0.29, 0.717) is 25.9 Å². The van der Waals surface area contributed by atoms with Crippen LogP contribution in [0.5, 0.6) is 5.88 Å². The molecule has 1 aromatic heterocycles. The molecule has 7 nitrogen and oxygen atoms in total. The van der Waals surface area contributed by atoms with Crippen LogP contribution in [0, 0.1) is 0 Å². The number of carbonyl (C=O) groups is 2. The Morgan fingerprint density at radius 3 is 2.61 bits per heavy atom. The number of ether oxygens (including phenoxy) is 1. The number of piperidine rings is 1. The van der Waals surface area contributed by atoms with Crippen molar-refractivity contribution in [2.75, 3.05) is 33.3 Å². The zero-order valence-corrected chi connectivity index (χ0v) is 15.5. The fraction of sp³-hybridized carbons (Fsp3) is 0.611. The quantitative estimate of drug-likeness (QED) is 0.810. The lowest BCUT2D eigenvalue weighted by Crippen LogP contribution is -2.50. The van der Waals surface area contributed by atoms with Crippen LogP contribution in [-0.2, 0) is 4.79 Å². The monoisotopic (exact) mass is 400 g/mol. The number of likely N-dealkylation sites (tertiary alicyclic amines) is 2. The third-order valence-corrected chi connectivity index (χ3v) is 5.09. The Bertz CT molecular complexity index is 720. The summed E-state index contributed by atoms with van der Waals surface area (Å²) in [7, 11) is 1.79. The first kappa shape index (κ1) is 20.4. The number of aromatic nitrogens is 1. The number of alkyl halides is 3. The number of hydrogen-bond donors (Lipinski definition) is 1. The average molecular weight is 400 g/mol. The number of carbonyl (C=O) groups excluding carboxylic acids is 2. The normalized spacial score (nSPS) is 21.8. The molecule has 2 amide bonds. The molecule has 0 radical (unpaired) electrons. The van der Waals surface area contributed by atoms with E-state index < -0.39 is 18.7 Å². The minimum atomic E-state index is -4.51. The van der Waals surface area contributed by atoms with Gasteiger partial charge in [-0.25, -0.2) is 4.98 Å². The van der Waals surface area contributed by atoms with Gasteiger partial charge in [-0.3, -0.25) is 14.5 Å². The second-order valence-corrected chi connectivity index (χ2v) is 7.11. The summed E-state index contributed by atoms with van der Waals surface area (Å²) in [4.78, 5) is 32.2. The van der Waals surface area contributed by atoms with Crippen molar-refractivity contribution in [2.24, 2.45) is 0 Å². The third-order valence-electron chi connectivity index (χ3n) is 5.09. The van der Waals surface area contributed by atoms with E-state index >= 15 is 0 Å². The van der Waals surface area contributed by atoms with Gasteiger partial charge in [0.2, 0.25) is 11.8 Å². The lowest BCUT2D eigenvalue weighted by molar-refractivity contribution is -0.154. The second kappa shape index (κ2) is 8.34. The fourth-order valence-electron chi connectivity index (χ4n) is 3.59. The van der Waals surface area contributed by atoms with Crippen LogP contribution < -0.4 is 10.1 Å². The van der Waals surface area contributed by atoms with Gasteiger partial charge >= 0.3 is 6.18 Å². The largest absolute Gasteiger partial charge is 0.467 e. The van der Waals surface area contributed by atoms with Gasteiger partial charge in [0.25, 0.3) is 5.91 Å². The third kappa shape index (κ3) is 4.92. The lowest BCUT2D eigenvalue weighted by Gasteiger charge is -2.35. The number of nitrogens with one attached hydrogen (secondary N) is 1.